The zero-order valence-corrected chi connectivity index (χ0v) is 18.9. The van der Waals surface area contributed by atoms with Gasteiger partial charge in [-0.25, -0.2) is 24.2 Å². The first-order valence-corrected chi connectivity index (χ1v) is 11.2. The lowest BCUT2D eigenvalue weighted by Crippen LogP contribution is -2.39. The van der Waals surface area contributed by atoms with E-state index in [0.29, 0.717) is 28.6 Å². The summed E-state index contributed by atoms with van der Waals surface area (Å²) in [6.45, 7) is 1.90. The number of nitrogens with two attached hydrogens (primary N) is 1. The van der Waals surface area contributed by atoms with Crippen LogP contribution in [0.25, 0.3) is 11.0 Å². The molecule has 0 amide bonds. The van der Waals surface area contributed by atoms with E-state index in [1.807, 2.05) is 6.92 Å². The van der Waals surface area contributed by atoms with Gasteiger partial charge in [-0.1, -0.05) is 43.3 Å². The van der Waals surface area contributed by atoms with Crippen molar-refractivity contribution in [3.63, 3.8) is 0 Å². The Labute approximate surface area is 200 Å². The maximum atomic E-state index is 13.0. The zero-order valence-electron chi connectivity index (χ0n) is 18.9. The van der Waals surface area contributed by atoms with Crippen molar-refractivity contribution in [2.75, 3.05) is 5.73 Å². The van der Waals surface area contributed by atoms with Crippen LogP contribution in [0.15, 0.2) is 73.2 Å². The Morgan fingerprint density at radius 1 is 0.943 bits per heavy atom. The molecule has 2 N–H and O–H groups in total. The van der Waals surface area contributed by atoms with Crippen molar-refractivity contribution in [3.8, 4) is 0 Å². The van der Waals surface area contributed by atoms with E-state index in [-0.39, 0.29) is 5.82 Å². The fourth-order valence-corrected chi connectivity index (χ4v) is 4.10. The lowest BCUT2D eigenvalue weighted by molar-refractivity contribution is -0.0542. The van der Waals surface area contributed by atoms with Crippen LogP contribution in [0.3, 0.4) is 0 Å². The second-order valence-corrected chi connectivity index (χ2v) is 8.03. The third-order valence-electron chi connectivity index (χ3n) is 5.86. The molecule has 10 nitrogen and oxygen atoms in total. The first kappa shape index (κ1) is 22.5. The maximum Gasteiger partial charge on any atom is 0.338 e. The molecular formula is C25H23N5O5. The molecule has 35 heavy (non-hydrogen) atoms. The van der Waals surface area contributed by atoms with Crippen molar-refractivity contribution in [1.29, 1.82) is 0 Å². The van der Waals surface area contributed by atoms with Gasteiger partial charge in [0.25, 0.3) is 0 Å². The van der Waals surface area contributed by atoms with E-state index < -0.39 is 36.5 Å². The minimum Gasteiger partial charge on any atom is -0.452 e. The van der Waals surface area contributed by atoms with Crippen molar-refractivity contribution in [2.24, 2.45) is 0 Å². The summed E-state index contributed by atoms with van der Waals surface area (Å²) in [5.41, 5.74) is 7.12. The van der Waals surface area contributed by atoms with Gasteiger partial charge in [0.2, 0.25) is 0 Å². The van der Waals surface area contributed by atoms with Gasteiger partial charge in [0.15, 0.2) is 24.1 Å². The Morgan fingerprint density at radius 3 is 2.14 bits per heavy atom. The molecule has 2 aromatic heterocycles. The quantitative estimate of drug-likeness (QED) is 0.419. The van der Waals surface area contributed by atoms with E-state index in [0.717, 1.165) is 0 Å². The van der Waals surface area contributed by atoms with E-state index in [9.17, 15) is 9.59 Å². The predicted octanol–water partition coefficient (Wildman–Crippen LogP) is 3.17. The standard InChI is InChI=1S/C25H23N5O5/c1-2-18-19(34-24(31)15-9-5-3-6-10-15)20(35-25(32)16-11-7-4-8-12-16)23(33-18)30-22-17(13-29-30)21(26)27-14-28-22/h3-14,18-20,23H,2H2,1H3,(H2,26,27,28)/t18-,19?,20+,23-/m1/s1. The van der Waals surface area contributed by atoms with Crippen LogP contribution < -0.4 is 5.73 Å². The molecule has 1 unspecified atom stereocenters. The van der Waals surface area contributed by atoms with Gasteiger partial charge in [-0.2, -0.15) is 5.10 Å². The van der Waals surface area contributed by atoms with Crippen LogP contribution >= 0.6 is 0 Å². The molecule has 0 bridgehead atoms. The molecule has 1 aliphatic heterocycles. The van der Waals surface area contributed by atoms with E-state index in [1.54, 1.807) is 60.7 Å². The minimum atomic E-state index is -1.00. The summed E-state index contributed by atoms with van der Waals surface area (Å²) in [7, 11) is 0. The summed E-state index contributed by atoms with van der Waals surface area (Å²) in [5.74, 6) is -0.862. The fraction of sp³-hybridized carbons (Fsp3) is 0.240. The van der Waals surface area contributed by atoms with E-state index in [4.69, 9.17) is 19.9 Å². The smallest absolute Gasteiger partial charge is 0.338 e. The molecule has 3 heterocycles. The number of nitrogens with zero attached hydrogens (tertiary/aromatic N) is 4. The molecule has 2 aromatic carbocycles. The van der Waals surface area contributed by atoms with Crippen LogP contribution in [0, 0.1) is 0 Å². The highest BCUT2D eigenvalue weighted by atomic mass is 16.6. The third kappa shape index (κ3) is 4.31. The monoisotopic (exact) mass is 473 g/mol. The molecule has 1 fully saturated rings. The van der Waals surface area contributed by atoms with Crippen molar-refractivity contribution < 1.29 is 23.8 Å². The molecular weight excluding hydrogens is 450 g/mol. The first-order valence-electron chi connectivity index (χ1n) is 11.2. The number of ether oxygens (including phenoxy) is 3. The lowest BCUT2D eigenvalue weighted by atomic mass is 10.1. The Balaban J connectivity index is 1.52. The number of esters is 2. The first-order chi connectivity index (χ1) is 17.1. The largest absolute Gasteiger partial charge is 0.452 e. The van der Waals surface area contributed by atoms with Crippen LogP contribution in [-0.4, -0.2) is 50.0 Å². The molecule has 4 atom stereocenters. The van der Waals surface area contributed by atoms with Crippen molar-refractivity contribution in [1.82, 2.24) is 19.7 Å². The summed E-state index contributed by atoms with van der Waals surface area (Å²) in [6.07, 6.45) is -0.0103. The molecule has 5 rings (SSSR count). The molecule has 178 valence electrons. The topological polar surface area (TPSA) is 131 Å². The van der Waals surface area contributed by atoms with E-state index in [2.05, 4.69) is 15.1 Å². The minimum absolute atomic E-state index is 0.260. The number of carbonyl (C=O) groups is 2. The van der Waals surface area contributed by atoms with Crippen LogP contribution in [0.5, 0.6) is 0 Å². The van der Waals surface area contributed by atoms with Gasteiger partial charge in [-0.05, 0) is 30.7 Å². The lowest BCUT2D eigenvalue weighted by Gasteiger charge is -2.24. The summed E-state index contributed by atoms with van der Waals surface area (Å²) in [4.78, 5) is 34.2. The molecule has 10 heteroatoms. The van der Waals surface area contributed by atoms with Crippen molar-refractivity contribution in [2.45, 2.75) is 37.9 Å². The van der Waals surface area contributed by atoms with Crippen molar-refractivity contribution in [3.05, 3.63) is 84.3 Å². The Kier molecular flexibility index (Phi) is 6.11. The average Bonchev–Trinajstić information content (AvgIpc) is 3.47. The van der Waals surface area contributed by atoms with E-state index >= 15 is 0 Å². The Hall–Kier alpha value is -4.31. The number of rotatable bonds is 6. The van der Waals surface area contributed by atoms with Crippen LogP contribution in [0.2, 0.25) is 0 Å². The number of fused-ring (bicyclic) bond motifs is 1. The van der Waals surface area contributed by atoms with Crippen LogP contribution in [-0.2, 0) is 14.2 Å². The normalized spacial score (nSPS) is 21.6. The Morgan fingerprint density at radius 2 is 1.54 bits per heavy atom. The molecule has 0 saturated carbocycles. The summed E-state index contributed by atoms with van der Waals surface area (Å²) in [6, 6.07) is 17.2. The highest BCUT2D eigenvalue weighted by Crippen LogP contribution is 2.37. The molecule has 4 aromatic rings. The van der Waals surface area contributed by atoms with E-state index in [1.165, 1.54) is 17.2 Å². The second kappa shape index (κ2) is 9.51. The number of benzene rings is 2. The average molecular weight is 473 g/mol. The second-order valence-electron chi connectivity index (χ2n) is 8.03. The Bertz CT molecular complexity index is 1340. The van der Waals surface area contributed by atoms with Crippen LogP contribution in [0.1, 0.15) is 40.3 Å². The fourth-order valence-electron chi connectivity index (χ4n) is 4.10. The van der Waals surface area contributed by atoms with Gasteiger partial charge in [0.05, 0.1) is 22.7 Å². The molecule has 1 saturated heterocycles. The van der Waals surface area contributed by atoms with Gasteiger partial charge >= 0.3 is 11.9 Å². The molecule has 0 spiro atoms. The zero-order chi connectivity index (χ0) is 24.4. The molecule has 0 aliphatic carbocycles. The van der Waals surface area contributed by atoms with Gasteiger partial charge in [-0.15, -0.1) is 0 Å². The SMILES string of the molecule is CC[C@H]1O[C@@H](n2ncc3c(N)ncnc32)[C@@H](OC(=O)c2ccccc2)C1OC(=O)c1ccccc1. The number of hydrogen-bond donors (Lipinski definition) is 1. The van der Waals surface area contributed by atoms with Crippen LogP contribution in [0.4, 0.5) is 5.82 Å². The van der Waals surface area contributed by atoms with Gasteiger partial charge < -0.3 is 19.9 Å². The number of nitrogen functional groups attached to an aromatic ring is 1. The molecule has 1 aliphatic rings. The summed E-state index contributed by atoms with van der Waals surface area (Å²) in [5, 5.41) is 4.92. The number of carbonyl (C=O) groups excluding carboxylic acids is 2. The summed E-state index contributed by atoms with van der Waals surface area (Å²) >= 11 is 0. The van der Waals surface area contributed by atoms with Gasteiger partial charge in [-0.3, -0.25) is 0 Å². The number of aromatic nitrogens is 4. The summed E-state index contributed by atoms with van der Waals surface area (Å²) < 4.78 is 19.5. The highest BCUT2D eigenvalue weighted by molar-refractivity contribution is 5.90. The third-order valence-corrected chi connectivity index (χ3v) is 5.86. The maximum absolute atomic E-state index is 13.0. The molecule has 0 radical (unpaired) electrons. The van der Waals surface area contributed by atoms with Gasteiger partial charge in [0.1, 0.15) is 18.2 Å². The number of anilines is 1. The van der Waals surface area contributed by atoms with Gasteiger partial charge in [0, 0.05) is 0 Å². The highest BCUT2D eigenvalue weighted by Gasteiger charge is 2.51. The predicted molar refractivity (Wildman–Crippen MR) is 125 cm³/mol. The van der Waals surface area contributed by atoms with Crippen molar-refractivity contribution >= 4 is 28.8 Å². The number of hydrogen-bond acceptors (Lipinski definition) is 9.